The van der Waals surface area contributed by atoms with Crippen molar-refractivity contribution in [3.63, 3.8) is 0 Å². The molecule has 0 radical (unpaired) electrons. The van der Waals surface area contributed by atoms with Gasteiger partial charge in [-0.1, -0.05) is 56.0 Å². The number of carbonyl (C=O) groups excluding carboxylic acids is 2. The lowest BCUT2D eigenvalue weighted by Gasteiger charge is -2.06. The summed E-state index contributed by atoms with van der Waals surface area (Å²) >= 11 is 1.35. The first kappa shape index (κ1) is 31.9. The standard InChI is InChI=1S/C33H34N4O6S/c38-29(9-5-3-1-2-4-6-10-30(39)40)34-24-15-11-22(12-16-24)20-26-31(41)37-27(32(42)36-26)21-23-13-17-25(18-14-23)35-33(43)28-8-7-19-44-28/h7-8,11-21H,1-6,9-10H2,(H,34,38)(H,35,43)(H,36,42)(H,37,41)(H,39,40)/b26-20-,27-21-. The Morgan fingerprint density at radius 3 is 1.68 bits per heavy atom. The van der Waals surface area contributed by atoms with E-state index in [1.807, 2.05) is 5.38 Å². The van der Waals surface area contributed by atoms with Crippen LogP contribution < -0.4 is 32.5 Å². The number of thiophene rings is 1. The molecule has 5 N–H and O–H groups in total. The van der Waals surface area contributed by atoms with Crippen LogP contribution in [0.25, 0.3) is 12.2 Å². The number of unbranched alkanes of at least 4 members (excludes halogenated alkanes) is 5. The number of amides is 2. The van der Waals surface area contributed by atoms with Gasteiger partial charge in [-0.3, -0.25) is 24.0 Å². The Balaban J connectivity index is 1.31. The number of benzene rings is 2. The molecule has 0 saturated carbocycles. The van der Waals surface area contributed by atoms with Gasteiger partial charge in [-0.2, -0.15) is 0 Å². The minimum atomic E-state index is -0.765. The molecule has 0 atom stereocenters. The number of hydrogen-bond donors (Lipinski definition) is 5. The Morgan fingerprint density at radius 2 is 1.18 bits per heavy atom. The highest BCUT2D eigenvalue weighted by Gasteiger charge is 2.07. The number of nitrogens with one attached hydrogen (secondary N) is 4. The molecular formula is C33H34N4O6S. The lowest BCUT2D eigenvalue weighted by molar-refractivity contribution is -0.137. The molecule has 10 nitrogen and oxygen atoms in total. The lowest BCUT2D eigenvalue weighted by Crippen LogP contribution is -2.46. The Morgan fingerprint density at radius 1 is 0.682 bits per heavy atom. The molecule has 0 spiro atoms. The van der Waals surface area contributed by atoms with Gasteiger partial charge in [0.05, 0.1) is 4.88 Å². The first-order valence-corrected chi connectivity index (χ1v) is 15.3. The molecule has 0 saturated heterocycles. The molecule has 4 rings (SSSR count). The van der Waals surface area contributed by atoms with Crippen LogP contribution in [-0.2, 0) is 9.59 Å². The van der Waals surface area contributed by atoms with E-state index in [2.05, 4.69) is 20.6 Å². The summed E-state index contributed by atoms with van der Waals surface area (Å²) in [6, 6.07) is 17.4. The van der Waals surface area contributed by atoms with E-state index in [-0.39, 0.29) is 28.9 Å². The minimum Gasteiger partial charge on any atom is -0.481 e. The van der Waals surface area contributed by atoms with Crippen molar-refractivity contribution in [2.24, 2.45) is 0 Å². The molecule has 2 heterocycles. The van der Waals surface area contributed by atoms with Crippen LogP contribution in [0, 0.1) is 0 Å². The average molecular weight is 615 g/mol. The number of aliphatic carboxylic acids is 1. The van der Waals surface area contributed by atoms with E-state index in [1.165, 1.54) is 11.3 Å². The van der Waals surface area contributed by atoms with Crippen molar-refractivity contribution in [2.75, 3.05) is 10.6 Å². The first-order chi connectivity index (χ1) is 21.3. The van der Waals surface area contributed by atoms with Gasteiger partial charge < -0.3 is 25.7 Å². The monoisotopic (exact) mass is 614 g/mol. The number of carbonyl (C=O) groups is 3. The van der Waals surface area contributed by atoms with Gasteiger partial charge in [-0.25, -0.2) is 0 Å². The topological polar surface area (TPSA) is 161 Å². The summed E-state index contributed by atoms with van der Waals surface area (Å²) < 4.78 is 0. The molecule has 11 heteroatoms. The summed E-state index contributed by atoms with van der Waals surface area (Å²) in [5.41, 5.74) is 1.65. The molecule has 0 aliphatic carbocycles. The van der Waals surface area contributed by atoms with Gasteiger partial charge in [-0.15, -0.1) is 11.3 Å². The summed E-state index contributed by atoms with van der Waals surface area (Å²) in [6.45, 7) is 0. The van der Waals surface area contributed by atoms with Crippen LogP contribution in [0.5, 0.6) is 0 Å². The largest absolute Gasteiger partial charge is 0.481 e. The normalized spacial score (nSPS) is 11.8. The van der Waals surface area contributed by atoms with Crippen molar-refractivity contribution in [1.82, 2.24) is 9.97 Å². The second kappa shape index (κ2) is 16.0. The number of H-pyrrole nitrogens is 2. The maximum absolute atomic E-state index is 12.7. The van der Waals surface area contributed by atoms with Gasteiger partial charge in [0.15, 0.2) is 0 Å². The maximum Gasteiger partial charge on any atom is 0.303 e. The van der Waals surface area contributed by atoms with Crippen LogP contribution in [0.2, 0.25) is 0 Å². The molecule has 0 bridgehead atoms. The zero-order valence-corrected chi connectivity index (χ0v) is 24.9. The smallest absolute Gasteiger partial charge is 0.303 e. The highest BCUT2D eigenvalue weighted by Crippen LogP contribution is 2.15. The minimum absolute atomic E-state index is 0.0852. The molecule has 228 valence electrons. The number of carboxylic acids is 1. The van der Waals surface area contributed by atoms with Gasteiger partial charge >= 0.3 is 5.97 Å². The second-order valence-electron chi connectivity index (χ2n) is 10.3. The summed E-state index contributed by atoms with van der Waals surface area (Å²) in [5, 5.41) is 16.3. The van der Waals surface area contributed by atoms with Crippen LogP contribution in [-0.4, -0.2) is 32.9 Å². The number of hydrogen-bond acceptors (Lipinski definition) is 6. The Kier molecular flexibility index (Phi) is 11.6. The van der Waals surface area contributed by atoms with Gasteiger partial charge in [-0.05, 0) is 71.8 Å². The quantitative estimate of drug-likeness (QED) is 0.134. The Labute approximate surface area is 257 Å². The highest BCUT2D eigenvalue weighted by molar-refractivity contribution is 7.12. The number of aromatic nitrogens is 2. The second-order valence-corrected chi connectivity index (χ2v) is 11.2. The van der Waals surface area contributed by atoms with E-state index < -0.39 is 17.1 Å². The first-order valence-electron chi connectivity index (χ1n) is 14.4. The summed E-state index contributed by atoms with van der Waals surface area (Å²) in [7, 11) is 0. The number of rotatable bonds is 14. The van der Waals surface area contributed by atoms with E-state index in [4.69, 9.17) is 5.11 Å². The van der Waals surface area contributed by atoms with Gasteiger partial charge in [0.2, 0.25) is 5.91 Å². The van der Waals surface area contributed by atoms with Crippen molar-refractivity contribution in [3.8, 4) is 0 Å². The van der Waals surface area contributed by atoms with E-state index in [0.29, 0.717) is 40.2 Å². The van der Waals surface area contributed by atoms with Gasteiger partial charge in [0, 0.05) is 24.2 Å². The van der Waals surface area contributed by atoms with E-state index in [1.54, 1.807) is 72.8 Å². The fourth-order valence-electron chi connectivity index (χ4n) is 4.45. The third-order valence-corrected chi connectivity index (χ3v) is 7.63. The molecule has 0 fully saturated rings. The molecule has 2 amide bonds. The van der Waals surface area contributed by atoms with Crippen LogP contribution in [0.4, 0.5) is 11.4 Å². The molecule has 0 aliphatic rings. The zero-order valence-electron chi connectivity index (χ0n) is 24.1. The third-order valence-electron chi connectivity index (χ3n) is 6.76. The molecule has 0 unspecified atom stereocenters. The molecule has 2 aromatic carbocycles. The van der Waals surface area contributed by atoms with Crippen molar-refractivity contribution in [3.05, 3.63) is 113 Å². The van der Waals surface area contributed by atoms with Gasteiger partial charge in [0.25, 0.3) is 17.0 Å². The van der Waals surface area contributed by atoms with Crippen LogP contribution in [0.1, 0.15) is 72.2 Å². The number of aromatic amines is 2. The maximum atomic E-state index is 12.7. The summed E-state index contributed by atoms with van der Waals surface area (Å²) in [6.07, 6.45) is 8.91. The average Bonchev–Trinajstić information content (AvgIpc) is 3.54. The van der Waals surface area contributed by atoms with E-state index in [9.17, 15) is 24.0 Å². The fraction of sp³-hybridized carbons (Fsp3) is 0.242. The number of carboxylic acid groups (broad SMARTS) is 1. The van der Waals surface area contributed by atoms with Gasteiger partial charge in [0.1, 0.15) is 10.7 Å². The molecule has 4 aromatic rings. The van der Waals surface area contributed by atoms with Crippen molar-refractivity contribution in [2.45, 2.75) is 51.4 Å². The molecular weight excluding hydrogens is 580 g/mol. The van der Waals surface area contributed by atoms with Crippen LogP contribution in [0.15, 0.2) is 75.6 Å². The Bertz CT molecular complexity index is 1810. The zero-order chi connectivity index (χ0) is 31.3. The highest BCUT2D eigenvalue weighted by atomic mass is 32.1. The molecule has 0 aliphatic heterocycles. The van der Waals surface area contributed by atoms with Crippen molar-refractivity contribution >= 4 is 52.6 Å². The molecule has 44 heavy (non-hydrogen) atoms. The predicted octanol–water partition coefficient (Wildman–Crippen LogP) is 4.18. The fourth-order valence-corrected chi connectivity index (χ4v) is 5.07. The van der Waals surface area contributed by atoms with E-state index in [0.717, 1.165) is 32.1 Å². The number of anilines is 2. The Hall–Kier alpha value is -5.03. The van der Waals surface area contributed by atoms with Crippen LogP contribution >= 0.6 is 11.3 Å². The van der Waals surface area contributed by atoms with Crippen LogP contribution in [0.3, 0.4) is 0 Å². The van der Waals surface area contributed by atoms with Crippen molar-refractivity contribution < 1.29 is 19.5 Å². The lowest BCUT2D eigenvalue weighted by atomic mass is 10.1. The third kappa shape index (κ3) is 10.1. The summed E-state index contributed by atoms with van der Waals surface area (Å²) in [5.74, 6) is -1.05. The molecule has 2 aromatic heterocycles. The van der Waals surface area contributed by atoms with E-state index >= 15 is 0 Å². The SMILES string of the molecule is O=C(O)CCCCCCCCC(=O)Nc1ccc(/C=c2\[nH]c(=O)/c(=C/c3ccc(NC(=O)c4cccs4)cc3)[nH]c2=O)cc1. The van der Waals surface area contributed by atoms with Crippen molar-refractivity contribution in [1.29, 1.82) is 0 Å². The summed E-state index contributed by atoms with van der Waals surface area (Å²) in [4.78, 5) is 66.3. The predicted molar refractivity (Wildman–Crippen MR) is 172 cm³/mol.